The van der Waals surface area contributed by atoms with Crippen molar-refractivity contribution in [2.75, 3.05) is 13.2 Å². The maximum absolute atomic E-state index is 13.6. The van der Waals surface area contributed by atoms with Gasteiger partial charge < -0.3 is 10.1 Å². The molecule has 1 aliphatic carbocycles. The predicted molar refractivity (Wildman–Crippen MR) is 79.0 cm³/mol. The number of benzene rings is 1. The Hall–Kier alpha value is -0.800. The van der Waals surface area contributed by atoms with Crippen molar-refractivity contribution in [3.05, 3.63) is 28.5 Å². The molecular formula is C16H21ClFNO. The second-order valence-corrected chi connectivity index (χ2v) is 6.39. The first-order valence-corrected chi connectivity index (χ1v) is 7.94. The van der Waals surface area contributed by atoms with Crippen LogP contribution in [0.5, 0.6) is 5.75 Å². The molecule has 1 aromatic carbocycles. The number of ether oxygens (including phenoxy) is 1. The Morgan fingerprint density at radius 2 is 2.10 bits per heavy atom. The highest BCUT2D eigenvalue weighted by molar-refractivity contribution is 6.32. The molecule has 1 saturated heterocycles. The van der Waals surface area contributed by atoms with E-state index in [0.717, 1.165) is 24.9 Å². The molecule has 1 heterocycles. The molecule has 2 nitrogen and oxygen atoms in total. The van der Waals surface area contributed by atoms with Gasteiger partial charge in [0.15, 0.2) is 0 Å². The van der Waals surface area contributed by atoms with Crippen molar-refractivity contribution in [2.45, 2.75) is 44.6 Å². The molecule has 0 bridgehead atoms. The number of piperidine rings is 1. The normalized spacial score (nSPS) is 22.8. The molecule has 1 unspecified atom stereocenters. The molecule has 0 spiro atoms. The van der Waals surface area contributed by atoms with Crippen LogP contribution in [0, 0.1) is 11.7 Å². The van der Waals surface area contributed by atoms with Crippen molar-refractivity contribution in [3.8, 4) is 5.75 Å². The minimum atomic E-state index is -0.278. The van der Waals surface area contributed by atoms with Gasteiger partial charge in [0, 0.05) is 11.6 Å². The summed E-state index contributed by atoms with van der Waals surface area (Å²) in [5, 5.41) is 3.89. The van der Waals surface area contributed by atoms with Crippen LogP contribution in [0.25, 0.3) is 0 Å². The Bertz CT molecular complexity index is 470. The standard InChI is InChI=1S/C16H21ClFNO/c17-15-9-13(18)7-12(8-14-3-1-2-6-19-14)16(15)20-10-11-4-5-11/h7,9,11,14,19H,1-6,8,10H2. The molecule has 1 saturated carbocycles. The number of rotatable bonds is 5. The minimum absolute atomic E-state index is 0.278. The van der Waals surface area contributed by atoms with Gasteiger partial charge in [-0.25, -0.2) is 4.39 Å². The van der Waals surface area contributed by atoms with Gasteiger partial charge in [0.2, 0.25) is 0 Å². The zero-order valence-corrected chi connectivity index (χ0v) is 12.4. The predicted octanol–water partition coefficient (Wildman–Crippen LogP) is 3.95. The summed E-state index contributed by atoms with van der Waals surface area (Å²) in [5.41, 5.74) is 0.898. The largest absolute Gasteiger partial charge is 0.491 e. The lowest BCUT2D eigenvalue weighted by molar-refractivity contribution is 0.294. The van der Waals surface area contributed by atoms with Crippen LogP contribution in [0.15, 0.2) is 12.1 Å². The molecule has 1 atom stereocenters. The Morgan fingerprint density at radius 3 is 2.80 bits per heavy atom. The fourth-order valence-electron chi connectivity index (χ4n) is 2.78. The molecule has 110 valence electrons. The van der Waals surface area contributed by atoms with Crippen LogP contribution in [0.4, 0.5) is 4.39 Å². The monoisotopic (exact) mass is 297 g/mol. The molecule has 1 N–H and O–H groups in total. The summed E-state index contributed by atoms with van der Waals surface area (Å²) in [6, 6.07) is 3.33. The van der Waals surface area contributed by atoms with Crippen molar-refractivity contribution < 1.29 is 9.13 Å². The molecule has 0 radical (unpaired) electrons. The van der Waals surface area contributed by atoms with E-state index >= 15 is 0 Å². The third-order valence-electron chi connectivity index (χ3n) is 4.12. The Kier molecular flexibility index (Phi) is 4.47. The van der Waals surface area contributed by atoms with Gasteiger partial charge in [-0.1, -0.05) is 18.0 Å². The fraction of sp³-hybridized carbons (Fsp3) is 0.625. The number of nitrogens with one attached hydrogen (secondary N) is 1. The number of hydrogen-bond acceptors (Lipinski definition) is 2. The van der Waals surface area contributed by atoms with Crippen LogP contribution in [-0.2, 0) is 6.42 Å². The molecule has 1 aromatic rings. The van der Waals surface area contributed by atoms with Crippen molar-refractivity contribution in [1.82, 2.24) is 5.32 Å². The van der Waals surface area contributed by atoms with Gasteiger partial charge in [-0.15, -0.1) is 0 Å². The van der Waals surface area contributed by atoms with Gasteiger partial charge in [-0.05, 0) is 56.7 Å². The Balaban J connectivity index is 1.74. The third kappa shape index (κ3) is 3.64. The topological polar surface area (TPSA) is 21.3 Å². The van der Waals surface area contributed by atoms with E-state index < -0.39 is 0 Å². The fourth-order valence-corrected chi connectivity index (χ4v) is 3.06. The van der Waals surface area contributed by atoms with Crippen LogP contribution < -0.4 is 10.1 Å². The van der Waals surface area contributed by atoms with Gasteiger partial charge in [0.25, 0.3) is 0 Å². The smallest absolute Gasteiger partial charge is 0.141 e. The Morgan fingerprint density at radius 1 is 1.25 bits per heavy atom. The summed E-state index contributed by atoms with van der Waals surface area (Å²) in [7, 11) is 0. The molecule has 3 rings (SSSR count). The van der Waals surface area contributed by atoms with Gasteiger partial charge in [-0.3, -0.25) is 0 Å². The van der Waals surface area contributed by atoms with Gasteiger partial charge in [0.1, 0.15) is 11.6 Å². The van der Waals surface area contributed by atoms with Crippen molar-refractivity contribution in [3.63, 3.8) is 0 Å². The first-order valence-electron chi connectivity index (χ1n) is 7.56. The molecule has 4 heteroatoms. The highest BCUT2D eigenvalue weighted by Gasteiger charge is 2.24. The van der Waals surface area contributed by atoms with Crippen molar-refractivity contribution in [1.29, 1.82) is 0 Å². The highest BCUT2D eigenvalue weighted by Crippen LogP contribution is 2.35. The molecule has 0 amide bonds. The van der Waals surface area contributed by atoms with E-state index in [0.29, 0.717) is 29.3 Å². The first kappa shape index (κ1) is 14.2. The maximum Gasteiger partial charge on any atom is 0.141 e. The average Bonchev–Trinajstić information content (AvgIpc) is 3.23. The average molecular weight is 298 g/mol. The number of hydrogen-bond donors (Lipinski definition) is 1. The van der Waals surface area contributed by atoms with E-state index in [2.05, 4.69) is 5.32 Å². The van der Waals surface area contributed by atoms with E-state index in [9.17, 15) is 4.39 Å². The van der Waals surface area contributed by atoms with Crippen LogP contribution in [0.1, 0.15) is 37.7 Å². The van der Waals surface area contributed by atoms with Gasteiger partial charge in [-0.2, -0.15) is 0 Å². The lowest BCUT2D eigenvalue weighted by Gasteiger charge is -2.24. The summed E-state index contributed by atoms with van der Waals surface area (Å²) in [4.78, 5) is 0. The molecular weight excluding hydrogens is 277 g/mol. The SMILES string of the molecule is Fc1cc(Cl)c(OCC2CC2)c(CC2CCCCN2)c1. The van der Waals surface area contributed by atoms with Crippen LogP contribution in [0.2, 0.25) is 5.02 Å². The van der Waals surface area contributed by atoms with Gasteiger partial charge >= 0.3 is 0 Å². The second kappa shape index (κ2) is 6.31. The molecule has 20 heavy (non-hydrogen) atoms. The summed E-state index contributed by atoms with van der Waals surface area (Å²) in [6.07, 6.45) is 6.86. The number of halogens is 2. The van der Waals surface area contributed by atoms with E-state index in [4.69, 9.17) is 16.3 Å². The van der Waals surface area contributed by atoms with Crippen molar-refractivity contribution >= 4 is 11.6 Å². The first-order chi connectivity index (χ1) is 9.72. The van der Waals surface area contributed by atoms with Crippen LogP contribution >= 0.6 is 11.6 Å². The third-order valence-corrected chi connectivity index (χ3v) is 4.41. The molecule has 1 aliphatic heterocycles. The van der Waals surface area contributed by atoms with Crippen LogP contribution in [-0.4, -0.2) is 19.2 Å². The maximum atomic E-state index is 13.6. The summed E-state index contributed by atoms with van der Waals surface area (Å²) in [6.45, 7) is 1.75. The van der Waals surface area contributed by atoms with Crippen molar-refractivity contribution in [2.24, 2.45) is 5.92 Å². The van der Waals surface area contributed by atoms with Gasteiger partial charge in [0.05, 0.1) is 11.6 Å². The summed E-state index contributed by atoms with van der Waals surface area (Å²) in [5.74, 6) is 1.07. The van der Waals surface area contributed by atoms with Crippen LogP contribution in [0.3, 0.4) is 0 Å². The lowest BCUT2D eigenvalue weighted by atomic mass is 9.97. The molecule has 2 aliphatic rings. The zero-order valence-electron chi connectivity index (χ0n) is 11.6. The van der Waals surface area contributed by atoms with E-state index in [-0.39, 0.29) is 5.82 Å². The van der Waals surface area contributed by atoms with E-state index in [1.54, 1.807) is 6.07 Å². The lowest BCUT2D eigenvalue weighted by Crippen LogP contribution is -2.35. The second-order valence-electron chi connectivity index (χ2n) is 5.98. The summed E-state index contributed by atoms with van der Waals surface area (Å²) >= 11 is 6.17. The quantitative estimate of drug-likeness (QED) is 0.888. The summed E-state index contributed by atoms with van der Waals surface area (Å²) < 4.78 is 19.5. The molecule has 0 aromatic heterocycles. The van der Waals surface area contributed by atoms with E-state index in [1.807, 2.05) is 0 Å². The highest BCUT2D eigenvalue weighted by atomic mass is 35.5. The van der Waals surface area contributed by atoms with E-state index in [1.165, 1.54) is 31.7 Å². The minimum Gasteiger partial charge on any atom is -0.491 e. The Labute approximate surface area is 124 Å². The molecule has 2 fully saturated rings. The zero-order chi connectivity index (χ0) is 13.9.